The maximum absolute atomic E-state index is 13.5. The van der Waals surface area contributed by atoms with Crippen LogP contribution in [0.25, 0.3) is 0 Å². The molecule has 8 nitrogen and oxygen atoms in total. The number of carbonyl (C=O) groups excluding carboxylic acids is 2. The summed E-state index contributed by atoms with van der Waals surface area (Å²) in [5.41, 5.74) is 2.59. The van der Waals surface area contributed by atoms with Crippen LogP contribution in [0.2, 0.25) is 0 Å². The third-order valence-corrected chi connectivity index (χ3v) is 11.7. The van der Waals surface area contributed by atoms with Gasteiger partial charge < -0.3 is 9.80 Å². The monoisotopic (exact) mass is 575 g/mol. The highest BCUT2D eigenvalue weighted by atomic mass is 32.2. The Morgan fingerprint density at radius 3 is 2.38 bits per heavy atom. The van der Waals surface area contributed by atoms with Crippen LogP contribution in [0.3, 0.4) is 0 Å². The summed E-state index contributed by atoms with van der Waals surface area (Å²) in [5.74, 6) is 0.737. The fourth-order valence-electron chi connectivity index (χ4n) is 4.54. The van der Waals surface area contributed by atoms with Crippen LogP contribution in [0.5, 0.6) is 0 Å². The predicted molar refractivity (Wildman–Crippen MR) is 163 cm³/mol. The van der Waals surface area contributed by atoms with Gasteiger partial charge in [0.2, 0.25) is 23.0 Å². The molecule has 2 N–H and O–H groups in total. The highest BCUT2D eigenvalue weighted by Crippen LogP contribution is 2.38. The van der Waals surface area contributed by atoms with Crippen molar-refractivity contribution in [3.8, 4) is 12.1 Å². The molecular weight excluding hydrogens is 549 g/mol. The van der Waals surface area contributed by atoms with Crippen molar-refractivity contribution in [1.29, 1.82) is 0 Å². The van der Waals surface area contributed by atoms with E-state index in [0.717, 1.165) is 38.3 Å². The van der Waals surface area contributed by atoms with Gasteiger partial charge in [0, 0.05) is 55.2 Å². The Labute approximate surface area is 235 Å². The number of carbonyl (C=O) groups is 2. The first-order valence-corrected chi connectivity index (χ1v) is 17.1. The Bertz CT molecular complexity index is 1660. The van der Waals surface area contributed by atoms with Crippen LogP contribution in [0, 0.1) is 12.1 Å². The second-order valence-corrected chi connectivity index (χ2v) is 14.8. The Morgan fingerprint density at radius 1 is 1.03 bits per heavy atom. The summed E-state index contributed by atoms with van der Waals surface area (Å²) in [4.78, 5) is 41.9. The lowest BCUT2D eigenvalue weighted by Crippen LogP contribution is -2.37. The summed E-state index contributed by atoms with van der Waals surface area (Å²) >= 11 is 0. The van der Waals surface area contributed by atoms with Crippen LogP contribution in [0.1, 0.15) is 0 Å². The lowest BCUT2D eigenvalue weighted by atomic mass is 10.0. The highest BCUT2D eigenvalue weighted by Gasteiger charge is 2.39. The highest BCUT2D eigenvalue weighted by molar-refractivity contribution is 8.19. The number of hydrogen-bond donors (Lipinski definition) is 2. The van der Waals surface area contributed by atoms with E-state index in [1.807, 2.05) is 48.2 Å². The van der Waals surface area contributed by atoms with Crippen molar-refractivity contribution in [2.75, 3.05) is 38.1 Å². The van der Waals surface area contributed by atoms with Gasteiger partial charge in [-0.2, -0.15) is 21.0 Å². The van der Waals surface area contributed by atoms with Gasteiger partial charge in [0.05, 0.1) is 32.5 Å². The number of nitrogens with zero attached hydrogens (tertiary/aromatic N) is 4. The molecule has 0 aromatic carbocycles. The van der Waals surface area contributed by atoms with E-state index in [4.69, 9.17) is 10.5 Å². The molecule has 3 atom stereocenters. The van der Waals surface area contributed by atoms with Gasteiger partial charge in [0.15, 0.2) is 4.91 Å². The van der Waals surface area contributed by atoms with Gasteiger partial charge in [-0.15, -0.1) is 0 Å². The zero-order chi connectivity index (χ0) is 27.8. The summed E-state index contributed by atoms with van der Waals surface area (Å²) in [5, 5.41) is 19.6. The molecule has 0 saturated carbocycles. The van der Waals surface area contributed by atoms with Crippen molar-refractivity contribution in [2.24, 2.45) is 9.98 Å². The van der Waals surface area contributed by atoms with Crippen LogP contribution in [0.15, 0.2) is 90.3 Å². The molecule has 0 spiro atoms. The number of nitrogens with one attached hydrogen (secondary N) is 2. The van der Waals surface area contributed by atoms with Crippen molar-refractivity contribution < 1.29 is 20.1 Å². The summed E-state index contributed by atoms with van der Waals surface area (Å²) in [6.45, 7) is 0.910. The fraction of sp³-hybridized carbons (Fsp3) is 0.214. The second kappa shape index (κ2) is 10.8. The normalized spacial score (nSPS) is 26.7. The van der Waals surface area contributed by atoms with E-state index in [2.05, 4.69) is 44.9 Å². The minimum Gasteiger partial charge on any atom is -0.373 e. The number of hydrogen-bond acceptors (Lipinski definition) is 6. The zero-order valence-corrected chi connectivity index (χ0v) is 24.4. The van der Waals surface area contributed by atoms with Crippen LogP contribution < -0.4 is 10.5 Å². The summed E-state index contributed by atoms with van der Waals surface area (Å²) < 4.78 is 0. The van der Waals surface area contributed by atoms with E-state index in [0.29, 0.717) is 11.1 Å². The Balaban J connectivity index is 1.47. The Hall–Kier alpha value is -3.77. The maximum Gasteiger partial charge on any atom is 0.332 e. The first kappa shape index (κ1) is 26.8. The number of fused-ring (bicyclic) bond motifs is 1. The van der Waals surface area contributed by atoms with Gasteiger partial charge >= 0.3 is 12.1 Å². The molecular formula is C28H27N6O2S3+3. The summed E-state index contributed by atoms with van der Waals surface area (Å²) in [6, 6.07) is 4.41. The van der Waals surface area contributed by atoms with Crippen molar-refractivity contribution in [3.05, 3.63) is 80.3 Å². The molecule has 196 valence electrons. The van der Waals surface area contributed by atoms with E-state index >= 15 is 0 Å². The van der Waals surface area contributed by atoms with Gasteiger partial charge in [-0.3, -0.25) is 9.59 Å². The lowest BCUT2D eigenvalue weighted by molar-refractivity contribution is -0.110. The van der Waals surface area contributed by atoms with Gasteiger partial charge in [0.1, 0.15) is 17.4 Å². The first-order chi connectivity index (χ1) is 18.7. The Kier molecular flexibility index (Phi) is 7.41. The molecule has 5 aliphatic rings. The predicted octanol–water partition coefficient (Wildman–Crippen LogP) is -0.394. The third-order valence-electron chi connectivity index (χ3n) is 6.72. The van der Waals surface area contributed by atoms with Gasteiger partial charge in [-0.05, 0) is 30.1 Å². The standard InChI is InChI=1S/C28H25N6O2S3/c1-33-7-10-38(3)27-22(33)6-5-18(25(27)35)16-31-20(14-29)21(15-30)32-17-19-13-23-24-28(26(19)36)39(4)12-9-34(24)8-11-37(23)2/h5-6,8-9,11-13,16-17H,7,10H2,1-4H3/q+1/p+2/b21-20+,31-16?,32-17?. The molecule has 5 rings (SSSR count). The molecule has 3 aliphatic heterocycles. The molecule has 0 saturated heterocycles. The molecule has 11 heteroatoms. The average molecular weight is 576 g/mol. The molecule has 0 bridgehead atoms. The van der Waals surface area contributed by atoms with Gasteiger partial charge in [0.25, 0.3) is 0 Å². The quantitative estimate of drug-likeness (QED) is 0.206. The molecule has 0 fully saturated rings. The van der Waals surface area contributed by atoms with E-state index < -0.39 is 0 Å². The number of aliphatic imine (C=N–C) groups is 2. The maximum atomic E-state index is 13.5. The second-order valence-electron chi connectivity index (χ2n) is 9.12. The van der Waals surface area contributed by atoms with Crippen molar-refractivity contribution >= 4 is 65.6 Å². The summed E-state index contributed by atoms with van der Waals surface area (Å²) in [6.07, 6.45) is 18.5. The smallest absolute Gasteiger partial charge is 0.332 e. The lowest BCUT2D eigenvalue weighted by Gasteiger charge is -2.32. The topological polar surface area (TPSA) is 113 Å². The molecule has 3 unspecified atom stereocenters. The molecule has 0 radical (unpaired) electrons. The molecule has 0 amide bonds. The molecule has 3 heterocycles. The summed E-state index contributed by atoms with van der Waals surface area (Å²) in [7, 11) is 1.31. The average Bonchev–Trinajstić information content (AvgIpc) is 2.93. The number of allylic oxidation sites excluding steroid dienone is 9. The largest absolute Gasteiger partial charge is 0.373 e. The van der Waals surface area contributed by atoms with Crippen LogP contribution in [-0.4, -0.2) is 81.6 Å². The molecule has 0 aromatic rings. The van der Waals surface area contributed by atoms with E-state index in [1.54, 1.807) is 6.08 Å². The van der Waals surface area contributed by atoms with E-state index in [9.17, 15) is 9.59 Å². The van der Waals surface area contributed by atoms with Gasteiger partial charge in [-0.25, -0.2) is 9.98 Å². The number of ketones is 2. The SMILES string of the molecule is CN1CCS(C)=C2C(=O)C(C=N/C(C#[NH+])=C(\C#[NH+])N=CC3=CC4=C5C(=S(C)C=CN5C=C[S+]4C)C3=O)=CC=C21. The third kappa shape index (κ3) is 4.78. The fourth-order valence-corrected chi connectivity index (χ4v) is 9.04. The zero-order valence-electron chi connectivity index (χ0n) is 21.9. The van der Waals surface area contributed by atoms with Crippen LogP contribution >= 0.6 is 21.0 Å². The molecule has 0 aromatic heterocycles. The van der Waals surface area contributed by atoms with Crippen LogP contribution in [0.4, 0.5) is 0 Å². The minimum absolute atomic E-state index is 0.0553. The van der Waals surface area contributed by atoms with Gasteiger partial charge in [-0.1, -0.05) is 10.5 Å². The molecule has 2 aliphatic carbocycles. The first-order valence-electron chi connectivity index (χ1n) is 11.9. The van der Waals surface area contributed by atoms with Crippen LogP contribution in [-0.2, 0) is 20.5 Å². The molecule has 39 heavy (non-hydrogen) atoms. The number of Topliss-reactive ketones (excluding diaryl/α,β-unsaturated/α-hetero) is 2. The van der Waals surface area contributed by atoms with E-state index in [1.165, 1.54) is 12.4 Å². The van der Waals surface area contributed by atoms with Crippen molar-refractivity contribution in [3.63, 3.8) is 0 Å². The van der Waals surface area contributed by atoms with Crippen molar-refractivity contribution in [1.82, 2.24) is 9.80 Å². The van der Waals surface area contributed by atoms with E-state index in [-0.39, 0.29) is 54.8 Å². The Morgan fingerprint density at radius 2 is 1.69 bits per heavy atom. The minimum atomic E-state index is -0.348. The number of rotatable bonds is 4. The van der Waals surface area contributed by atoms with Crippen molar-refractivity contribution in [2.45, 2.75) is 0 Å².